The molecule has 0 aliphatic carbocycles. The molecule has 4 rings (SSSR count). The van der Waals surface area contributed by atoms with E-state index in [4.69, 9.17) is 30.5 Å². The first-order valence-corrected chi connectivity index (χ1v) is 11.8. The maximum atomic E-state index is 6.44. The maximum absolute atomic E-state index is 6.44. The normalized spacial score (nSPS) is 22.3. The molecule has 2 heterocycles. The van der Waals surface area contributed by atoms with E-state index in [1.807, 2.05) is 36.6 Å². The first-order chi connectivity index (χ1) is 14.2. The fourth-order valence-electron chi connectivity index (χ4n) is 3.64. The van der Waals surface area contributed by atoms with Gasteiger partial charge in [0.25, 0.3) is 0 Å². The number of benzene rings is 2. The van der Waals surface area contributed by atoms with Crippen LogP contribution in [0.3, 0.4) is 0 Å². The van der Waals surface area contributed by atoms with Gasteiger partial charge in [0.05, 0.1) is 18.2 Å². The summed E-state index contributed by atoms with van der Waals surface area (Å²) in [5.41, 5.74) is 1.86. The lowest BCUT2D eigenvalue weighted by atomic mass is 10.0. The van der Waals surface area contributed by atoms with Gasteiger partial charge in [-0.2, -0.15) is 0 Å². The summed E-state index contributed by atoms with van der Waals surface area (Å²) in [6, 6.07) is 12.9. The molecule has 2 aliphatic rings. The lowest BCUT2D eigenvalue weighted by molar-refractivity contribution is -0.108. The zero-order chi connectivity index (χ0) is 20.1. The van der Waals surface area contributed by atoms with Crippen molar-refractivity contribution in [2.45, 2.75) is 56.0 Å². The van der Waals surface area contributed by atoms with E-state index >= 15 is 0 Å². The Bertz CT molecular complexity index is 817. The van der Waals surface area contributed by atoms with Crippen molar-refractivity contribution in [3.8, 4) is 22.6 Å². The van der Waals surface area contributed by atoms with Crippen molar-refractivity contribution in [1.82, 2.24) is 0 Å². The summed E-state index contributed by atoms with van der Waals surface area (Å²) < 4.78 is 23.9. The van der Waals surface area contributed by atoms with E-state index in [0.717, 1.165) is 79.3 Å². The SMILES string of the molecule is CSc1c(-c2ccc(OC3CCCCO3)cc2OC2CCCCO2)[c]ccc1Cl. The number of rotatable bonds is 6. The van der Waals surface area contributed by atoms with Gasteiger partial charge >= 0.3 is 0 Å². The highest BCUT2D eigenvalue weighted by Crippen LogP contribution is 2.42. The van der Waals surface area contributed by atoms with Gasteiger partial charge in [0, 0.05) is 34.9 Å². The summed E-state index contributed by atoms with van der Waals surface area (Å²) in [5.74, 6) is 1.46. The minimum atomic E-state index is -0.249. The predicted octanol–water partition coefficient (Wildman–Crippen LogP) is 6.34. The fourth-order valence-corrected chi connectivity index (χ4v) is 4.67. The molecule has 0 saturated carbocycles. The minimum absolute atomic E-state index is 0.201. The van der Waals surface area contributed by atoms with Gasteiger partial charge in [0.15, 0.2) is 12.6 Å². The third-order valence-corrected chi connectivity index (χ3v) is 6.39. The van der Waals surface area contributed by atoms with Crippen molar-refractivity contribution in [2.24, 2.45) is 0 Å². The van der Waals surface area contributed by atoms with E-state index in [2.05, 4.69) is 6.07 Å². The van der Waals surface area contributed by atoms with E-state index in [0.29, 0.717) is 5.02 Å². The Morgan fingerprint density at radius 1 is 1.00 bits per heavy atom. The van der Waals surface area contributed by atoms with Crippen LogP contribution in [0, 0.1) is 6.07 Å². The molecule has 2 atom stereocenters. The average Bonchev–Trinajstić information content (AvgIpc) is 2.75. The maximum Gasteiger partial charge on any atom is 0.199 e. The second kappa shape index (κ2) is 10.1. The molecule has 0 spiro atoms. The van der Waals surface area contributed by atoms with Crippen LogP contribution in [0.5, 0.6) is 11.5 Å². The van der Waals surface area contributed by atoms with Crippen molar-refractivity contribution in [1.29, 1.82) is 0 Å². The van der Waals surface area contributed by atoms with Crippen molar-refractivity contribution >= 4 is 23.4 Å². The molecule has 4 nitrogen and oxygen atoms in total. The number of ether oxygens (including phenoxy) is 4. The number of hydrogen-bond acceptors (Lipinski definition) is 5. The van der Waals surface area contributed by atoms with Gasteiger partial charge < -0.3 is 18.9 Å². The highest BCUT2D eigenvalue weighted by atomic mass is 35.5. The van der Waals surface area contributed by atoms with Crippen LogP contribution in [0.1, 0.15) is 38.5 Å². The second-order valence-corrected chi connectivity index (χ2v) is 8.44. The molecule has 29 heavy (non-hydrogen) atoms. The van der Waals surface area contributed by atoms with Crippen LogP contribution < -0.4 is 9.47 Å². The summed E-state index contributed by atoms with van der Waals surface area (Å²) in [7, 11) is 0. The van der Waals surface area contributed by atoms with E-state index < -0.39 is 0 Å². The van der Waals surface area contributed by atoms with E-state index in [1.165, 1.54) is 0 Å². The molecule has 2 aromatic rings. The van der Waals surface area contributed by atoms with E-state index in [-0.39, 0.29) is 12.6 Å². The monoisotopic (exact) mass is 433 g/mol. The van der Waals surface area contributed by atoms with Crippen LogP contribution in [0.25, 0.3) is 11.1 Å². The van der Waals surface area contributed by atoms with Crippen molar-refractivity contribution in [3.05, 3.63) is 41.4 Å². The van der Waals surface area contributed by atoms with E-state index in [1.54, 1.807) is 11.8 Å². The van der Waals surface area contributed by atoms with Crippen molar-refractivity contribution in [2.75, 3.05) is 19.5 Å². The third-order valence-electron chi connectivity index (χ3n) is 5.13. The molecule has 155 valence electrons. The predicted molar refractivity (Wildman–Crippen MR) is 116 cm³/mol. The molecule has 2 saturated heterocycles. The molecule has 2 aliphatic heterocycles. The Kier molecular flexibility index (Phi) is 7.24. The van der Waals surface area contributed by atoms with Crippen LogP contribution in [0.4, 0.5) is 0 Å². The van der Waals surface area contributed by atoms with E-state index in [9.17, 15) is 0 Å². The molecule has 2 unspecified atom stereocenters. The van der Waals surface area contributed by atoms with Crippen LogP contribution >= 0.6 is 23.4 Å². The summed E-state index contributed by atoms with van der Waals surface area (Å²) in [5, 5.41) is 0.710. The Morgan fingerprint density at radius 3 is 2.38 bits per heavy atom. The van der Waals surface area contributed by atoms with Crippen molar-refractivity contribution in [3.63, 3.8) is 0 Å². The number of halogens is 1. The van der Waals surface area contributed by atoms with Gasteiger partial charge in [0.1, 0.15) is 11.5 Å². The molecule has 0 N–H and O–H groups in total. The first kappa shape index (κ1) is 20.9. The number of thioether (sulfide) groups is 1. The van der Waals surface area contributed by atoms with Crippen LogP contribution in [-0.2, 0) is 9.47 Å². The molecular weight excluding hydrogens is 408 g/mol. The Labute approximate surface area is 181 Å². The molecule has 6 heteroatoms. The second-order valence-electron chi connectivity index (χ2n) is 7.22. The topological polar surface area (TPSA) is 36.9 Å². The minimum Gasteiger partial charge on any atom is -0.465 e. The van der Waals surface area contributed by atoms with Gasteiger partial charge in [-0.1, -0.05) is 17.7 Å². The quantitative estimate of drug-likeness (QED) is 0.497. The van der Waals surface area contributed by atoms with Crippen LogP contribution in [0.15, 0.2) is 35.2 Å². The molecule has 0 bridgehead atoms. The Morgan fingerprint density at radius 2 is 1.72 bits per heavy atom. The van der Waals surface area contributed by atoms with Gasteiger partial charge in [-0.05, 0) is 56.2 Å². The third kappa shape index (κ3) is 5.21. The highest BCUT2D eigenvalue weighted by molar-refractivity contribution is 7.98. The standard InChI is InChI=1S/C23H26ClO4S/c1-29-23-18(7-6-8-19(23)24)17-12-11-16(27-21-9-2-4-13-25-21)15-20(17)28-22-10-3-5-14-26-22/h6,8,11-12,15,21-22H,2-5,9-10,13-14H2,1H3. The molecular formula is C23H26ClO4S. The average molecular weight is 434 g/mol. The smallest absolute Gasteiger partial charge is 0.199 e. The van der Waals surface area contributed by atoms with Gasteiger partial charge in [-0.25, -0.2) is 0 Å². The van der Waals surface area contributed by atoms with Gasteiger partial charge in [-0.15, -0.1) is 11.8 Å². The lowest BCUT2D eigenvalue weighted by Crippen LogP contribution is -2.26. The molecule has 0 aromatic heterocycles. The summed E-state index contributed by atoms with van der Waals surface area (Å²) in [6.07, 6.45) is 7.74. The van der Waals surface area contributed by atoms with Crippen LogP contribution in [0.2, 0.25) is 5.02 Å². The fraction of sp³-hybridized carbons (Fsp3) is 0.478. The largest absolute Gasteiger partial charge is 0.465 e. The summed E-state index contributed by atoms with van der Waals surface area (Å²) in [4.78, 5) is 0.980. The Hall–Kier alpha value is -1.40. The lowest BCUT2D eigenvalue weighted by Gasteiger charge is -2.26. The highest BCUT2D eigenvalue weighted by Gasteiger charge is 2.21. The molecule has 2 aromatic carbocycles. The molecule has 2 fully saturated rings. The Balaban J connectivity index is 1.66. The molecule has 0 amide bonds. The molecule has 1 radical (unpaired) electrons. The zero-order valence-electron chi connectivity index (χ0n) is 16.6. The van der Waals surface area contributed by atoms with Gasteiger partial charge in [-0.3, -0.25) is 0 Å². The van der Waals surface area contributed by atoms with Crippen molar-refractivity contribution < 1.29 is 18.9 Å². The zero-order valence-corrected chi connectivity index (χ0v) is 18.2. The summed E-state index contributed by atoms with van der Waals surface area (Å²) >= 11 is 8.04. The summed E-state index contributed by atoms with van der Waals surface area (Å²) in [6.45, 7) is 1.47. The first-order valence-electron chi connectivity index (χ1n) is 10.2. The van der Waals surface area contributed by atoms with Gasteiger partial charge in [0.2, 0.25) is 0 Å². The van der Waals surface area contributed by atoms with Crippen LogP contribution in [-0.4, -0.2) is 32.0 Å². The number of hydrogen-bond donors (Lipinski definition) is 0.